The van der Waals surface area contributed by atoms with Crippen molar-refractivity contribution in [2.24, 2.45) is 5.92 Å². The largest absolute Gasteiger partial charge is 0.355 e. The van der Waals surface area contributed by atoms with Crippen LogP contribution in [-0.2, 0) is 16.0 Å². The molecule has 11 nitrogen and oxygen atoms in total. The Morgan fingerprint density at radius 1 is 1.15 bits per heavy atom. The van der Waals surface area contributed by atoms with Crippen LogP contribution in [0.1, 0.15) is 59.5 Å². The van der Waals surface area contributed by atoms with Crippen molar-refractivity contribution in [1.29, 1.82) is 0 Å². The van der Waals surface area contributed by atoms with Gasteiger partial charge in [-0.2, -0.15) is 5.10 Å². The Morgan fingerprint density at radius 3 is 2.78 bits per heavy atom. The van der Waals surface area contributed by atoms with E-state index in [0.29, 0.717) is 44.4 Å². The maximum Gasteiger partial charge on any atom is 0.274 e. The van der Waals surface area contributed by atoms with Crippen LogP contribution in [0.5, 0.6) is 0 Å². The molecule has 0 radical (unpaired) electrons. The number of halogens is 1. The molecule has 0 spiro atoms. The minimum atomic E-state index is -0.766. The number of aromatic nitrogens is 3. The average molecular weight is 564 g/mol. The molecule has 216 valence electrons. The van der Waals surface area contributed by atoms with Gasteiger partial charge in [-0.15, -0.1) is 0 Å². The molecule has 1 saturated heterocycles. The number of nitrogens with one attached hydrogen (secondary N) is 2. The third-order valence-corrected chi connectivity index (χ3v) is 7.71. The van der Waals surface area contributed by atoms with Crippen LogP contribution in [0.4, 0.5) is 4.39 Å². The molecule has 12 heteroatoms. The molecule has 1 fully saturated rings. The number of nitrogens with zero attached hydrogens (tertiary/aromatic N) is 5. The number of amides is 4. The smallest absolute Gasteiger partial charge is 0.274 e. The molecule has 5 rings (SSSR count). The second-order valence-electron chi connectivity index (χ2n) is 10.9. The maximum atomic E-state index is 14.8. The molecular formula is C29H34FN7O4. The first-order valence-electron chi connectivity index (χ1n) is 14.0. The van der Waals surface area contributed by atoms with Crippen molar-refractivity contribution in [3.05, 3.63) is 65.4 Å². The number of fused-ring (bicyclic) bond motifs is 4. The van der Waals surface area contributed by atoms with E-state index in [1.165, 1.54) is 32.6 Å². The van der Waals surface area contributed by atoms with Crippen molar-refractivity contribution in [1.82, 2.24) is 35.0 Å². The van der Waals surface area contributed by atoms with E-state index in [0.717, 1.165) is 5.56 Å². The molecule has 1 aromatic carbocycles. The SMILES string of the molecule is CC(C)[C@@H]1CN(C(=O)c2cnc3cccnn23)CC(=O)NCCCc2ccc(F)c(c2)C(=O)N2CCC[C@H]2C(=O)N1. The van der Waals surface area contributed by atoms with Gasteiger partial charge in [-0.3, -0.25) is 19.2 Å². The summed E-state index contributed by atoms with van der Waals surface area (Å²) in [5, 5.41) is 10.1. The van der Waals surface area contributed by atoms with Crippen molar-refractivity contribution in [3.8, 4) is 0 Å². The van der Waals surface area contributed by atoms with E-state index in [4.69, 9.17) is 0 Å². The summed E-state index contributed by atoms with van der Waals surface area (Å²) < 4.78 is 16.2. The zero-order chi connectivity index (χ0) is 29.1. The molecule has 2 aliphatic heterocycles. The summed E-state index contributed by atoms with van der Waals surface area (Å²) in [4.78, 5) is 60.8. The summed E-state index contributed by atoms with van der Waals surface area (Å²) >= 11 is 0. The molecule has 2 bridgehead atoms. The van der Waals surface area contributed by atoms with Gasteiger partial charge in [0.05, 0.1) is 18.3 Å². The molecular weight excluding hydrogens is 529 g/mol. The van der Waals surface area contributed by atoms with Crippen molar-refractivity contribution >= 4 is 29.3 Å². The minimum absolute atomic E-state index is 0.0474. The van der Waals surface area contributed by atoms with Crippen LogP contribution in [0.15, 0.2) is 42.7 Å². The Labute approximate surface area is 237 Å². The van der Waals surface area contributed by atoms with Crippen molar-refractivity contribution in [3.63, 3.8) is 0 Å². The second kappa shape index (κ2) is 12.0. The molecule has 2 N–H and O–H groups in total. The Bertz CT molecular complexity index is 1470. The van der Waals surface area contributed by atoms with Gasteiger partial charge in [0.2, 0.25) is 11.8 Å². The van der Waals surface area contributed by atoms with Gasteiger partial charge >= 0.3 is 0 Å². The maximum absolute atomic E-state index is 14.8. The number of hydrogen-bond donors (Lipinski definition) is 2. The van der Waals surface area contributed by atoms with Crippen LogP contribution >= 0.6 is 0 Å². The fraction of sp³-hybridized carbons (Fsp3) is 0.448. The highest BCUT2D eigenvalue weighted by Crippen LogP contribution is 2.23. The lowest BCUT2D eigenvalue weighted by Gasteiger charge is -2.32. The van der Waals surface area contributed by atoms with Gasteiger partial charge in [-0.1, -0.05) is 19.9 Å². The van der Waals surface area contributed by atoms with Crippen LogP contribution in [0.3, 0.4) is 0 Å². The van der Waals surface area contributed by atoms with E-state index in [1.54, 1.807) is 24.4 Å². The molecule has 0 aliphatic carbocycles. The fourth-order valence-electron chi connectivity index (χ4n) is 5.37. The third-order valence-electron chi connectivity index (χ3n) is 7.71. The molecule has 41 heavy (non-hydrogen) atoms. The van der Waals surface area contributed by atoms with Gasteiger partial charge in [0.15, 0.2) is 11.3 Å². The molecule has 0 saturated carbocycles. The topological polar surface area (TPSA) is 129 Å². The lowest BCUT2D eigenvalue weighted by Crippen LogP contribution is -2.55. The highest BCUT2D eigenvalue weighted by atomic mass is 19.1. The first-order valence-corrected chi connectivity index (χ1v) is 14.0. The Morgan fingerprint density at radius 2 is 1.98 bits per heavy atom. The summed E-state index contributed by atoms with van der Waals surface area (Å²) in [5.41, 5.74) is 1.38. The quantitative estimate of drug-likeness (QED) is 0.490. The van der Waals surface area contributed by atoms with E-state index < -0.39 is 29.7 Å². The number of rotatable bonds is 2. The zero-order valence-corrected chi connectivity index (χ0v) is 23.2. The van der Waals surface area contributed by atoms with E-state index in [9.17, 15) is 23.6 Å². The highest BCUT2D eigenvalue weighted by Gasteiger charge is 2.37. The molecule has 4 amide bonds. The summed E-state index contributed by atoms with van der Waals surface area (Å²) in [6.45, 7) is 4.31. The first kappa shape index (κ1) is 28.2. The first-order chi connectivity index (χ1) is 19.7. The molecule has 2 aromatic heterocycles. The third kappa shape index (κ3) is 6.06. The number of benzene rings is 1. The lowest BCUT2D eigenvalue weighted by molar-refractivity contribution is -0.126. The van der Waals surface area contributed by atoms with E-state index >= 15 is 0 Å². The zero-order valence-electron chi connectivity index (χ0n) is 23.2. The van der Waals surface area contributed by atoms with Gasteiger partial charge in [0.25, 0.3) is 11.8 Å². The van der Waals surface area contributed by atoms with E-state index in [2.05, 4.69) is 20.7 Å². The van der Waals surface area contributed by atoms with Crippen LogP contribution < -0.4 is 10.6 Å². The predicted molar refractivity (Wildman–Crippen MR) is 147 cm³/mol. The Hall–Kier alpha value is -4.35. The normalized spacial score (nSPS) is 21.0. The monoisotopic (exact) mass is 563 g/mol. The summed E-state index contributed by atoms with van der Waals surface area (Å²) in [6.07, 6.45) is 5.09. The average Bonchev–Trinajstić information content (AvgIpc) is 3.62. The van der Waals surface area contributed by atoms with Crippen molar-refractivity contribution < 1.29 is 23.6 Å². The lowest BCUT2D eigenvalue weighted by atomic mass is 10.0. The fourth-order valence-corrected chi connectivity index (χ4v) is 5.37. The molecule has 2 atom stereocenters. The second-order valence-corrected chi connectivity index (χ2v) is 10.9. The van der Waals surface area contributed by atoms with Gasteiger partial charge in [0.1, 0.15) is 11.9 Å². The van der Waals surface area contributed by atoms with Crippen LogP contribution in [-0.4, -0.2) is 86.3 Å². The predicted octanol–water partition coefficient (Wildman–Crippen LogP) is 1.82. The number of imidazole rings is 1. The molecule has 2 aliphatic rings. The summed E-state index contributed by atoms with van der Waals surface area (Å²) in [6, 6.07) is 6.57. The van der Waals surface area contributed by atoms with Gasteiger partial charge in [-0.05, 0) is 61.4 Å². The van der Waals surface area contributed by atoms with Gasteiger partial charge in [-0.25, -0.2) is 13.9 Å². The number of carbonyl (C=O) groups excluding carboxylic acids is 4. The van der Waals surface area contributed by atoms with Crippen molar-refractivity contribution in [2.75, 3.05) is 26.2 Å². The number of hydrogen-bond acceptors (Lipinski definition) is 6. The van der Waals surface area contributed by atoms with Crippen molar-refractivity contribution in [2.45, 2.75) is 51.6 Å². The molecule has 4 heterocycles. The molecule has 3 aromatic rings. The van der Waals surface area contributed by atoms with Gasteiger partial charge in [0, 0.05) is 31.9 Å². The Kier molecular flexibility index (Phi) is 8.27. The van der Waals surface area contributed by atoms with E-state index in [1.807, 2.05) is 13.8 Å². The summed E-state index contributed by atoms with van der Waals surface area (Å²) in [5.74, 6) is -2.43. The Balaban J connectivity index is 1.46. The van der Waals surface area contributed by atoms with Crippen LogP contribution in [0, 0.1) is 11.7 Å². The van der Waals surface area contributed by atoms with Crippen LogP contribution in [0.25, 0.3) is 5.65 Å². The number of carbonyl (C=O) groups is 4. The van der Waals surface area contributed by atoms with Gasteiger partial charge < -0.3 is 20.4 Å². The highest BCUT2D eigenvalue weighted by molar-refractivity contribution is 5.98. The van der Waals surface area contributed by atoms with Crippen LogP contribution in [0.2, 0.25) is 0 Å². The number of aryl methyl sites for hydroxylation is 1. The van der Waals surface area contributed by atoms with E-state index in [-0.39, 0.29) is 42.1 Å². The minimum Gasteiger partial charge on any atom is -0.355 e. The molecule has 0 unspecified atom stereocenters. The summed E-state index contributed by atoms with van der Waals surface area (Å²) in [7, 11) is 0. The standard InChI is InChI=1S/C29H34FN7O4/c1-18(2)22-16-35(29(41)24-15-32-25-8-4-12-33-37(24)25)17-26(38)31-11-3-6-19-9-10-21(30)20(14-19)28(40)36-13-5-7-23(36)27(39)34-22/h4,8-10,12,14-15,18,22-23H,3,5-7,11,13,16-17H2,1-2H3,(H,31,38)(H,34,39)/t22-,23-/m0/s1.